The van der Waals surface area contributed by atoms with Crippen molar-refractivity contribution in [3.05, 3.63) is 41.8 Å². The normalized spacial score (nSPS) is 10.4. The molecule has 2 aromatic rings. The largest absolute Gasteiger partial charge is 0.491 e. The Bertz CT molecular complexity index is 514. The van der Waals surface area contributed by atoms with E-state index in [1.807, 2.05) is 38.1 Å². The van der Waals surface area contributed by atoms with Crippen LogP contribution in [-0.4, -0.2) is 16.1 Å². The van der Waals surface area contributed by atoms with E-state index in [4.69, 9.17) is 16.3 Å². The molecule has 94 valence electrons. The predicted octanol–water partition coefficient (Wildman–Crippen LogP) is 3.66. The van der Waals surface area contributed by atoms with Crippen LogP contribution in [0.1, 0.15) is 13.8 Å². The number of halogens is 1. The van der Waals surface area contributed by atoms with Gasteiger partial charge in [0.1, 0.15) is 5.75 Å². The molecule has 0 spiro atoms. The van der Waals surface area contributed by atoms with Gasteiger partial charge in [0.2, 0.25) is 0 Å². The van der Waals surface area contributed by atoms with E-state index in [0.717, 1.165) is 11.4 Å². The van der Waals surface area contributed by atoms with Crippen molar-refractivity contribution in [3.63, 3.8) is 0 Å². The van der Waals surface area contributed by atoms with E-state index in [9.17, 15) is 0 Å². The Hall–Kier alpha value is -1.81. The number of nitrogens with one attached hydrogen (secondary N) is 1. The van der Waals surface area contributed by atoms with Gasteiger partial charge in [-0.25, -0.2) is 9.97 Å². The summed E-state index contributed by atoms with van der Waals surface area (Å²) in [6.07, 6.45) is 3.30. The summed E-state index contributed by atoms with van der Waals surface area (Å²) in [5, 5.41) is 3.44. The molecule has 2 rings (SSSR count). The highest BCUT2D eigenvalue weighted by Crippen LogP contribution is 2.22. The lowest BCUT2D eigenvalue weighted by Crippen LogP contribution is -2.05. The highest BCUT2D eigenvalue weighted by Gasteiger charge is 2.03. The lowest BCUT2D eigenvalue weighted by Gasteiger charge is -2.11. The first-order valence-electron chi connectivity index (χ1n) is 5.65. The van der Waals surface area contributed by atoms with Gasteiger partial charge in [-0.1, -0.05) is 11.6 Å². The number of aromatic nitrogens is 2. The second-order valence-corrected chi connectivity index (χ2v) is 4.37. The van der Waals surface area contributed by atoms with E-state index in [-0.39, 0.29) is 6.10 Å². The van der Waals surface area contributed by atoms with E-state index in [0.29, 0.717) is 11.0 Å². The Balaban J connectivity index is 2.09. The number of hydrogen-bond acceptors (Lipinski definition) is 4. The summed E-state index contributed by atoms with van der Waals surface area (Å²) in [7, 11) is 0. The molecule has 0 unspecified atom stereocenters. The smallest absolute Gasteiger partial charge is 0.171 e. The third-order valence-corrected chi connectivity index (χ3v) is 2.42. The number of nitrogens with zero attached hydrogens (tertiary/aromatic N) is 2. The molecule has 0 fully saturated rings. The molecule has 0 atom stereocenters. The molecule has 0 aliphatic heterocycles. The second-order valence-electron chi connectivity index (χ2n) is 4.01. The number of hydrogen-bond donors (Lipinski definition) is 1. The minimum Gasteiger partial charge on any atom is -0.491 e. The van der Waals surface area contributed by atoms with E-state index >= 15 is 0 Å². The fraction of sp³-hybridized carbons (Fsp3) is 0.231. The van der Waals surface area contributed by atoms with Crippen molar-refractivity contribution < 1.29 is 4.74 Å². The lowest BCUT2D eigenvalue weighted by atomic mass is 10.3. The summed E-state index contributed by atoms with van der Waals surface area (Å²) < 4.78 is 5.56. The number of rotatable bonds is 4. The van der Waals surface area contributed by atoms with Gasteiger partial charge in [0.25, 0.3) is 0 Å². The molecule has 1 aromatic heterocycles. The zero-order valence-corrected chi connectivity index (χ0v) is 11.0. The second kappa shape index (κ2) is 5.69. The number of ether oxygens (including phenoxy) is 1. The number of anilines is 2. The van der Waals surface area contributed by atoms with Crippen molar-refractivity contribution in [2.24, 2.45) is 0 Å². The first-order chi connectivity index (χ1) is 8.65. The third-order valence-electron chi connectivity index (χ3n) is 2.14. The molecule has 0 bridgehead atoms. The van der Waals surface area contributed by atoms with Gasteiger partial charge in [-0.05, 0) is 38.1 Å². The third kappa shape index (κ3) is 3.34. The summed E-state index contributed by atoms with van der Waals surface area (Å²) in [6.45, 7) is 3.98. The standard InChI is InChI=1S/C13H14ClN3O/c1-9(2)18-11-5-3-10(4-6-11)17-13-12(14)15-7-8-16-13/h3-9H,1-2H3,(H,16,17). The van der Waals surface area contributed by atoms with Crippen LogP contribution in [0, 0.1) is 0 Å². The van der Waals surface area contributed by atoms with Gasteiger partial charge in [-0.3, -0.25) is 0 Å². The van der Waals surface area contributed by atoms with Crippen molar-refractivity contribution in [1.29, 1.82) is 0 Å². The van der Waals surface area contributed by atoms with Crippen LogP contribution in [-0.2, 0) is 0 Å². The van der Waals surface area contributed by atoms with Crippen molar-refractivity contribution in [1.82, 2.24) is 9.97 Å². The zero-order chi connectivity index (χ0) is 13.0. The van der Waals surface area contributed by atoms with Gasteiger partial charge in [0.05, 0.1) is 6.10 Å². The van der Waals surface area contributed by atoms with Crippen LogP contribution in [0.2, 0.25) is 5.15 Å². The minimum absolute atomic E-state index is 0.165. The molecule has 0 aliphatic carbocycles. The van der Waals surface area contributed by atoms with Crippen LogP contribution in [0.3, 0.4) is 0 Å². The molecular formula is C13H14ClN3O. The van der Waals surface area contributed by atoms with Crippen LogP contribution >= 0.6 is 11.6 Å². The van der Waals surface area contributed by atoms with E-state index in [2.05, 4.69) is 15.3 Å². The minimum atomic E-state index is 0.165. The van der Waals surface area contributed by atoms with Crippen molar-refractivity contribution in [2.75, 3.05) is 5.32 Å². The summed E-state index contributed by atoms with van der Waals surface area (Å²) in [6, 6.07) is 7.60. The molecule has 1 aromatic carbocycles. The van der Waals surface area contributed by atoms with Crippen LogP contribution in [0.25, 0.3) is 0 Å². The van der Waals surface area contributed by atoms with Gasteiger partial charge in [-0.15, -0.1) is 0 Å². The molecule has 18 heavy (non-hydrogen) atoms. The van der Waals surface area contributed by atoms with Gasteiger partial charge >= 0.3 is 0 Å². The molecule has 1 N–H and O–H groups in total. The van der Waals surface area contributed by atoms with Crippen LogP contribution in [0.4, 0.5) is 11.5 Å². The van der Waals surface area contributed by atoms with Crippen LogP contribution in [0.15, 0.2) is 36.7 Å². The fourth-order valence-corrected chi connectivity index (χ4v) is 1.58. The van der Waals surface area contributed by atoms with Gasteiger partial charge in [0, 0.05) is 18.1 Å². The summed E-state index contributed by atoms with van der Waals surface area (Å²) in [5.74, 6) is 1.37. The van der Waals surface area contributed by atoms with Gasteiger partial charge in [0.15, 0.2) is 11.0 Å². The lowest BCUT2D eigenvalue weighted by molar-refractivity contribution is 0.242. The molecule has 0 aliphatic rings. The van der Waals surface area contributed by atoms with E-state index < -0.39 is 0 Å². The summed E-state index contributed by atoms with van der Waals surface area (Å²) in [5.41, 5.74) is 0.883. The average Bonchev–Trinajstić information content (AvgIpc) is 2.34. The topological polar surface area (TPSA) is 47.0 Å². The molecule has 0 radical (unpaired) electrons. The first kappa shape index (κ1) is 12.6. The van der Waals surface area contributed by atoms with Crippen molar-refractivity contribution >= 4 is 23.1 Å². The summed E-state index contributed by atoms with van der Waals surface area (Å²) >= 11 is 5.91. The molecule has 0 amide bonds. The molecule has 0 saturated heterocycles. The molecule has 0 saturated carbocycles. The Morgan fingerprint density at radius 3 is 2.39 bits per heavy atom. The van der Waals surface area contributed by atoms with Crippen LogP contribution in [0.5, 0.6) is 5.75 Å². The fourth-order valence-electron chi connectivity index (χ4n) is 1.43. The monoisotopic (exact) mass is 263 g/mol. The zero-order valence-electron chi connectivity index (χ0n) is 10.2. The Labute approximate surface area is 111 Å². The quantitative estimate of drug-likeness (QED) is 0.914. The Morgan fingerprint density at radius 1 is 1.11 bits per heavy atom. The van der Waals surface area contributed by atoms with Gasteiger partial charge < -0.3 is 10.1 Å². The van der Waals surface area contributed by atoms with Crippen LogP contribution < -0.4 is 10.1 Å². The highest BCUT2D eigenvalue weighted by molar-refractivity contribution is 6.31. The highest BCUT2D eigenvalue weighted by atomic mass is 35.5. The van der Waals surface area contributed by atoms with Crippen molar-refractivity contribution in [2.45, 2.75) is 20.0 Å². The van der Waals surface area contributed by atoms with Crippen molar-refractivity contribution in [3.8, 4) is 5.75 Å². The van der Waals surface area contributed by atoms with E-state index in [1.54, 1.807) is 12.4 Å². The maximum atomic E-state index is 5.91. The Kier molecular flexibility index (Phi) is 3.99. The SMILES string of the molecule is CC(C)Oc1ccc(Nc2nccnc2Cl)cc1. The molecular weight excluding hydrogens is 250 g/mol. The Morgan fingerprint density at radius 2 is 1.78 bits per heavy atom. The maximum absolute atomic E-state index is 5.91. The predicted molar refractivity (Wildman–Crippen MR) is 72.5 cm³/mol. The first-order valence-corrected chi connectivity index (χ1v) is 6.03. The molecule has 4 nitrogen and oxygen atoms in total. The molecule has 5 heteroatoms. The average molecular weight is 264 g/mol. The summed E-state index contributed by atoms with van der Waals surface area (Å²) in [4.78, 5) is 8.06. The maximum Gasteiger partial charge on any atom is 0.171 e. The van der Waals surface area contributed by atoms with Gasteiger partial charge in [-0.2, -0.15) is 0 Å². The van der Waals surface area contributed by atoms with E-state index in [1.165, 1.54) is 0 Å². The molecule has 1 heterocycles. The number of benzene rings is 1.